The Hall–Kier alpha value is -4.20. The Bertz CT molecular complexity index is 1180. The van der Waals surface area contributed by atoms with E-state index in [0.717, 1.165) is 18.4 Å². The van der Waals surface area contributed by atoms with Gasteiger partial charge in [-0.15, -0.1) is 0 Å². The molecule has 0 aliphatic rings. The maximum absolute atomic E-state index is 13.4. The van der Waals surface area contributed by atoms with E-state index in [1.807, 2.05) is 19.1 Å². The van der Waals surface area contributed by atoms with E-state index in [-0.39, 0.29) is 31.4 Å². The van der Waals surface area contributed by atoms with Gasteiger partial charge in [0.25, 0.3) is 5.91 Å². The quantitative estimate of drug-likeness (QED) is 0.349. The van der Waals surface area contributed by atoms with Gasteiger partial charge in [0.05, 0.1) is 13.2 Å². The molecule has 0 spiro atoms. The summed E-state index contributed by atoms with van der Waals surface area (Å²) in [5, 5.41) is 5.27. The molecule has 3 aromatic carbocycles. The fourth-order valence-electron chi connectivity index (χ4n) is 3.47. The molecule has 3 rings (SSSR count). The van der Waals surface area contributed by atoms with Gasteiger partial charge in [-0.05, 0) is 67.4 Å². The minimum atomic E-state index is -0.492. The van der Waals surface area contributed by atoms with Gasteiger partial charge in [-0.3, -0.25) is 14.4 Å². The summed E-state index contributed by atoms with van der Waals surface area (Å²) < 4.78 is 19.0. The van der Waals surface area contributed by atoms with Crippen molar-refractivity contribution in [3.8, 4) is 5.75 Å². The Morgan fingerprint density at radius 2 is 1.57 bits per heavy atom. The second kappa shape index (κ2) is 13.8. The summed E-state index contributed by atoms with van der Waals surface area (Å²) in [6.07, 6.45) is 1.95. The van der Waals surface area contributed by atoms with Crippen molar-refractivity contribution in [3.05, 3.63) is 95.3 Å². The average Bonchev–Trinajstić information content (AvgIpc) is 2.90. The van der Waals surface area contributed by atoms with Crippen molar-refractivity contribution >= 4 is 23.4 Å². The third-order valence-electron chi connectivity index (χ3n) is 5.56. The SMILES string of the molecule is CCCCOc1ccc(C(=O)N(CC(=O)NCC(=O)Nc2ccc(C)cc2)Cc2ccc(F)cc2)cc1. The fraction of sp³-hybridized carbons (Fsp3) is 0.276. The monoisotopic (exact) mass is 505 g/mol. The molecule has 37 heavy (non-hydrogen) atoms. The number of rotatable bonds is 12. The molecular formula is C29H32FN3O4. The number of hydrogen-bond donors (Lipinski definition) is 2. The molecular weight excluding hydrogens is 473 g/mol. The highest BCUT2D eigenvalue weighted by Gasteiger charge is 2.20. The predicted molar refractivity (Wildman–Crippen MR) is 141 cm³/mol. The molecule has 0 atom stereocenters. The molecule has 0 bridgehead atoms. The number of unbranched alkanes of at least 4 members (excludes halogenated alkanes) is 1. The van der Waals surface area contributed by atoms with E-state index >= 15 is 0 Å². The van der Waals surface area contributed by atoms with Crippen LogP contribution in [0.1, 0.15) is 41.3 Å². The van der Waals surface area contributed by atoms with E-state index in [1.54, 1.807) is 48.5 Å². The van der Waals surface area contributed by atoms with Gasteiger partial charge in [0, 0.05) is 17.8 Å². The number of nitrogens with one attached hydrogen (secondary N) is 2. The minimum Gasteiger partial charge on any atom is -0.494 e. The third-order valence-corrected chi connectivity index (χ3v) is 5.56. The molecule has 8 heteroatoms. The Balaban J connectivity index is 1.63. The van der Waals surface area contributed by atoms with Gasteiger partial charge in [-0.25, -0.2) is 4.39 Å². The molecule has 0 saturated heterocycles. The van der Waals surface area contributed by atoms with E-state index in [1.165, 1.54) is 17.0 Å². The first-order chi connectivity index (χ1) is 17.8. The topological polar surface area (TPSA) is 87.7 Å². The Labute approximate surface area is 216 Å². The second-order valence-electron chi connectivity index (χ2n) is 8.71. The summed E-state index contributed by atoms with van der Waals surface area (Å²) in [6, 6.07) is 19.8. The molecule has 3 aromatic rings. The van der Waals surface area contributed by atoms with Gasteiger partial charge in [0.2, 0.25) is 11.8 Å². The maximum Gasteiger partial charge on any atom is 0.254 e. The lowest BCUT2D eigenvalue weighted by molar-refractivity contribution is -0.124. The van der Waals surface area contributed by atoms with Gasteiger partial charge in [0.15, 0.2) is 0 Å². The van der Waals surface area contributed by atoms with Gasteiger partial charge >= 0.3 is 0 Å². The summed E-state index contributed by atoms with van der Waals surface area (Å²) in [4.78, 5) is 39.5. The zero-order chi connectivity index (χ0) is 26.6. The molecule has 3 amide bonds. The van der Waals surface area contributed by atoms with E-state index in [9.17, 15) is 18.8 Å². The minimum absolute atomic E-state index is 0.0941. The van der Waals surface area contributed by atoms with Crippen molar-refractivity contribution < 1.29 is 23.5 Å². The van der Waals surface area contributed by atoms with Crippen LogP contribution in [0.3, 0.4) is 0 Å². The third kappa shape index (κ3) is 9.07. The molecule has 0 heterocycles. The Kier molecular flexibility index (Phi) is 10.2. The average molecular weight is 506 g/mol. The smallest absolute Gasteiger partial charge is 0.254 e. The number of ether oxygens (including phenoxy) is 1. The number of benzene rings is 3. The summed E-state index contributed by atoms with van der Waals surface area (Å²) in [5.74, 6) is -0.977. The van der Waals surface area contributed by atoms with Crippen LogP contribution >= 0.6 is 0 Å². The van der Waals surface area contributed by atoms with Crippen LogP contribution in [-0.4, -0.2) is 42.3 Å². The standard InChI is InChI=1S/C29H32FN3O4/c1-3-4-17-37-26-15-9-23(10-16-26)29(36)33(19-22-7-11-24(30)12-8-22)20-28(35)31-18-27(34)32-25-13-5-21(2)6-14-25/h5-16H,3-4,17-20H2,1-2H3,(H,31,35)(H,32,34). The highest BCUT2D eigenvalue weighted by molar-refractivity contribution is 5.98. The second-order valence-corrected chi connectivity index (χ2v) is 8.71. The van der Waals surface area contributed by atoms with E-state index in [2.05, 4.69) is 17.6 Å². The van der Waals surface area contributed by atoms with Crippen LogP contribution in [0.4, 0.5) is 10.1 Å². The van der Waals surface area contributed by atoms with Crippen LogP contribution in [0.5, 0.6) is 5.75 Å². The number of hydrogen-bond acceptors (Lipinski definition) is 4. The van der Waals surface area contributed by atoms with Crippen LogP contribution in [0.15, 0.2) is 72.8 Å². The molecule has 194 valence electrons. The molecule has 0 unspecified atom stereocenters. The molecule has 0 aliphatic heterocycles. The van der Waals surface area contributed by atoms with Gasteiger partial charge in [-0.1, -0.05) is 43.2 Å². The number of aryl methyl sites for hydroxylation is 1. The molecule has 2 N–H and O–H groups in total. The lowest BCUT2D eigenvalue weighted by atomic mass is 10.1. The molecule has 0 saturated carbocycles. The number of carbonyl (C=O) groups is 3. The molecule has 0 aromatic heterocycles. The zero-order valence-corrected chi connectivity index (χ0v) is 21.1. The number of nitrogens with zero attached hydrogens (tertiary/aromatic N) is 1. The van der Waals surface area contributed by atoms with Crippen LogP contribution < -0.4 is 15.4 Å². The van der Waals surface area contributed by atoms with E-state index < -0.39 is 11.7 Å². The van der Waals surface area contributed by atoms with Gasteiger partial charge < -0.3 is 20.3 Å². The van der Waals surface area contributed by atoms with E-state index in [4.69, 9.17) is 4.74 Å². The van der Waals surface area contributed by atoms with Crippen molar-refractivity contribution in [2.24, 2.45) is 0 Å². The number of anilines is 1. The summed E-state index contributed by atoms with van der Waals surface area (Å²) >= 11 is 0. The molecule has 0 radical (unpaired) electrons. The van der Waals surface area contributed by atoms with Crippen LogP contribution in [0.25, 0.3) is 0 Å². The van der Waals surface area contributed by atoms with Crippen molar-refractivity contribution in [1.29, 1.82) is 0 Å². The van der Waals surface area contributed by atoms with Crippen LogP contribution in [0, 0.1) is 12.7 Å². The fourth-order valence-corrected chi connectivity index (χ4v) is 3.47. The van der Waals surface area contributed by atoms with Crippen LogP contribution in [0.2, 0.25) is 0 Å². The molecule has 0 fully saturated rings. The number of amides is 3. The zero-order valence-electron chi connectivity index (χ0n) is 21.1. The maximum atomic E-state index is 13.4. The van der Waals surface area contributed by atoms with Crippen molar-refractivity contribution in [2.75, 3.05) is 25.0 Å². The summed E-state index contributed by atoms with van der Waals surface area (Å²) in [7, 11) is 0. The number of carbonyl (C=O) groups excluding carboxylic acids is 3. The van der Waals surface area contributed by atoms with E-state index in [0.29, 0.717) is 29.2 Å². The predicted octanol–water partition coefficient (Wildman–Crippen LogP) is 4.71. The lowest BCUT2D eigenvalue weighted by Crippen LogP contribution is -2.42. The molecule has 7 nitrogen and oxygen atoms in total. The van der Waals surface area contributed by atoms with Crippen molar-refractivity contribution in [2.45, 2.75) is 33.2 Å². The summed E-state index contributed by atoms with van der Waals surface area (Å²) in [5.41, 5.74) is 2.74. The Morgan fingerprint density at radius 3 is 2.22 bits per heavy atom. The van der Waals surface area contributed by atoms with Crippen molar-refractivity contribution in [1.82, 2.24) is 10.2 Å². The number of halogens is 1. The van der Waals surface area contributed by atoms with Gasteiger partial charge in [0.1, 0.15) is 18.1 Å². The van der Waals surface area contributed by atoms with Crippen LogP contribution in [-0.2, 0) is 16.1 Å². The normalized spacial score (nSPS) is 10.5. The molecule has 0 aliphatic carbocycles. The van der Waals surface area contributed by atoms with Gasteiger partial charge in [-0.2, -0.15) is 0 Å². The first-order valence-corrected chi connectivity index (χ1v) is 12.2. The Morgan fingerprint density at radius 1 is 0.892 bits per heavy atom. The first-order valence-electron chi connectivity index (χ1n) is 12.2. The highest BCUT2D eigenvalue weighted by atomic mass is 19.1. The highest BCUT2D eigenvalue weighted by Crippen LogP contribution is 2.16. The largest absolute Gasteiger partial charge is 0.494 e. The summed E-state index contributed by atoms with van der Waals surface area (Å²) in [6.45, 7) is 4.20. The first kappa shape index (κ1) is 27.4. The van der Waals surface area contributed by atoms with Crippen molar-refractivity contribution in [3.63, 3.8) is 0 Å². The lowest BCUT2D eigenvalue weighted by Gasteiger charge is -2.23.